The van der Waals surface area contributed by atoms with Gasteiger partial charge in [-0.25, -0.2) is 0 Å². The fourth-order valence-electron chi connectivity index (χ4n) is 4.09. The van der Waals surface area contributed by atoms with Crippen molar-refractivity contribution in [3.63, 3.8) is 0 Å². The Morgan fingerprint density at radius 1 is 1.25 bits per heavy atom. The van der Waals surface area contributed by atoms with Crippen molar-refractivity contribution in [2.24, 2.45) is 0 Å². The van der Waals surface area contributed by atoms with Crippen LogP contribution in [0.1, 0.15) is 43.4 Å². The second-order valence-corrected chi connectivity index (χ2v) is 7.88. The van der Waals surface area contributed by atoms with Gasteiger partial charge in [0.1, 0.15) is 17.8 Å². The van der Waals surface area contributed by atoms with Crippen LogP contribution in [0.4, 0.5) is 0 Å². The number of ether oxygens (including phenoxy) is 2. The molecule has 3 heterocycles. The number of amides is 1. The third-order valence-corrected chi connectivity index (χ3v) is 5.75. The zero-order valence-corrected chi connectivity index (χ0v) is 18.2. The van der Waals surface area contributed by atoms with Crippen molar-refractivity contribution in [1.82, 2.24) is 25.7 Å². The van der Waals surface area contributed by atoms with Crippen molar-refractivity contribution in [3.05, 3.63) is 42.0 Å². The lowest BCUT2D eigenvalue weighted by Crippen LogP contribution is -2.50. The minimum Gasteiger partial charge on any atom is -0.484 e. The molecule has 32 heavy (non-hydrogen) atoms. The third-order valence-electron chi connectivity index (χ3n) is 5.75. The lowest BCUT2D eigenvalue weighted by molar-refractivity contribution is -0.146. The summed E-state index contributed by atoms with van der Waals surface area (Å²) in [5, 5.41) is 10.6. The first-order chi connectivity index (χ1) is 15.7. The standard InChI is InChI=1S/C22H29N5O5/c1-2-30-22(29)17-12-15(8-9-24-17)20-25-21(32-26-20)18-13-23-10-11-27(18)19(28)14-31-16-6-4-3-5-7-16/h3-7,15,17-18,23-24H,2,8-14H2,1H3. The summed E-state index contributed by atoms with van der Waals surface area (Å²) in [6, 6.07) is 8.51. The van der Waals surface area contributed by atoms with E-state index in [9.17, 15) is 9.59 Å². The highest BCUT2D eigenvalue weighted by Gasteiger charge is 2.35. The van der Waals surface area contributed by atoms with E-state index in [-0.39, 0.29) is 36.5 Å². The molecule has 0 bridgehead atoms. The summed E-state index contributed by atoms with van der Waals surface area (Å²) in [4.78, 5) is 31.3. The highest BCUT2D eigenvalue weighted by atomic mass is 16.5. The van der Waals surface area contributed by atoms with E-state index < -0.39 is 0 Å². The summed E-state index contributed by atoms with van der Waals surface area (Å²) in [6.45, 7) is 4.49. The fourth-order valence-corrected chi connectivity index (χ4v) is 4.09. The van der Waals surface area contributed by atoms with Gasteiger partial charge < -0.3 is 29.5 Å². The van der Waals surface area contributed by atoms with Crippen LogP contribution in [0.15, 0.2) is 34.9 Å². The maximum Gasteiger partial charge on any atom is 0.323 e. The lowest BCUT2D eigenvalue weighted by Gasteiger charge is -2.33. The average Bonchev–Trinajstić information content (AvgIpc) is 3.34. The zero-order chi connectivity index (χ0) is 22.3. The van der Waals surface area contributed by atoms with Crippen molar-refractivity contribution < 1.29 is 23.6 Å². The maximum absolute atomic E-state index is 12.9. The summed E-state index contributed by atoms with van der Waals surface area (Å²) in [7, 11) is 0. The third kappa shape index (κ3) is 5.25. The predicted octanol–water partition coefficient (Wildman–Crippen LogP) is 1.02. The van der Waals surface area contributed by atoms with Gasteiger partial charge in [-0.1, -0.05) is 23.4 Å². The van der Waals surface area contributed by atoms with E-state index in [1.807, 2.05) is 30.3 Å². The maximum atomic E-state index is 12.9. The van der Waals surface area contributed by atoms with Gasteiger partial charge in [-0.05, 0) is 38.4 Å². The molecule has 2 aliphatic rings. The first kappa shape index (κ1) is 22.2. The average molecular weight is 444 g/mol. The van der Waals surface area contributed by atoms with Gasteiger partial charge in [0.05, 0.1) is 6.61 Å². The predicted molar refractivity (Wildman–Crippen MR) is 114 cm³/mol. The van der Waals surface area contributed by atoms with Gasteiger partial charge in [-0.15, -0.1) is 0 Å². The van der Waals surface area contributed by atoms with Crippen LogP contribution in [0.25, 0.3) is 0 Å². The molecule has 10 heteroatoms. The Kier molecular flexibility index (Phi) is 7.33. The molecule has 2 saturated heterocycles. The Hall–Kier alpha value is -2.98. The molecule has 2 aromatic rings. The van der Waals surface area contributed by atoms with Crippen molar-refractivity contribution in [2.75, 3.05) is 39.4 Å². The smallest absolute Gasteiger partial charge is 0.323 e. The molecular weight excluding hydrogens is 414 g/mol. The molecule has 2 fully saturated rings. The van der Waals surface area contributed by atoms with Gasteiger partial charge in [-0.2, -0.15) is 4.98 Å². The molecule has 1 amide bonds. The van der Waals surface area contributed by atoms with E-state index in [0.29, 0.717) is 56.7 Å². The van der Waals surface area contributed by atoms with Crippen molar-refractivity contribution in [2.45, 2.75) is 37.8 Å². The second kappa shape index (κ2) is 10.6. The van der Waals surface area contributed by atoms with E-state index in [2.05, 4.69) is 20.8 Å². The van der Waals surface area contributed by atoms with Crippen LogP contribution < -0.4 is 15.4 Å². The first-order valence-corrected chi connectivity index (χ1v) is 11.1. The highest BCUT2D eigenvalue weighted by Crippen LogP contribution is 2.29. The number of hydrogen-bond donors (Lipinski definition) is 2. The monoisotopic (exact) mass is 443 g/mol. The molecule has 2 N–H and O–H groups in total. The quantitative estimate of drug-likeness (QED) is 0.605. The van der Waals surface area contributed by atoms with Crippen LogP contribution in [0, 0.1) is 0 Å². The summed E-state index contributed by atoms with van der Waals surface area (Å²) in [5.41, 5.74) is 0. The van der Waals surface area contributed by atoms with Crippen LogP contribution in [0.5, 0.6) is 5.75 Å². The van der Waals surface area contributed by atoms with Gasteiger partial charge >= 0.3 is 5.97 Å². The number of nitrogens with zero attached hydrogens (tertiary/aromatic N) is 3. The van der Waals surface area contributed by atoms with E-state index in [1.165, 1.54) is 0 Å². The van der Waals surface area contributed by atoms with Gasteiger partial charge in [0.15, 0.2) is 12.4 Å². The second-order valence-electron chi connectivity index (χ2n) is 7.88. The highest BCUT2D eigenvalue weighted by molar-refractivity contribution is 5.78. The summed E-state index contributed by atoms with van der Waals surface area (Å²) in [5.74, 6) is 1.21. The molecule has 0 radical (unpaired) electrons. The van der Waals surface area contributed by atoms with E-state index >= 15 is 0 Å². The Bertz CT molecular complexity index is 905. The largest absolute Gasteiger partial charge is 0.484 e. The minimum absolute atomic E-state index is 0.00901. The topological polar surface area (TPSA) is 119 Å². The molecule has 10 nitrogen and oxygen atoms in total. The van der Waals surface area contributed by atoms with E-state index in [4.69, 9.17) is 14.0 Å². The normalized spacial score (nSPS) is 23.5. The van der Waals surface area contributed by atoms with Crippen LogP contribution in [-0.2, 0) is 14.3 Å². The number of carbonyl (C=O) groups excluding carboxylic acids is 2. The number of rotatable bonds is 7. The molecule has 1 aromatic carbocycles. The fraction of sp³-hybridized carbons (Fsp3) is 0.545. The number of para-hydroxylation sites is 1. The number of esters is 1. The molecule has 3 atom stereocenters. The summed E-state index contributed by atoms with van der Waals surface area (Å²) in [6.07, 6.45) is 1.35. The van der Waals surface area contributed by atoms with Crippen LogP contribution in [0.3, 0.4) is 0 Å². The zero-order valence-electron chi connectivity index (χ0n) is 18.2. The number of piperazine rings is 1. The Morgan fingerprint density at radius 2 is 2.09 bits per heavy atom. The summed E-state index contributed by atoms with van der Waals surface area (Å²) >= 11 is 0. The summed E-state index contributed by atoms with van der Waals surface area (Å²) < 4.78 is 16.3. The molecule has 3 unspecified atom stereocenters. The Morgan fingerprint density at radius 3 is 2.91 bits per heavy atom. The Balaban J connectivity index is 1.41. The molecule has 1 aromatic heterocycles. The minimum atomic E-state index is -0.375. The molecule has 0 aliphatic carbocycles. The number of piperidine rings is 1. The van der Waals surface area contributed by atoms with Gasteiger partial charge in [-0.3, -0.25) is 9.59 Å². The number of nitrogens with one attached hydrogen (secondary N) is 2. The van der Waals surface area contributed by atoms with Crippen molar-refractivity contribution in [3.8, 4) is 5.75 Å². The van der Waals surface area contributed by atoms with Gasteiger partial charge in [0.25, 0.3) is 11.8 Å². The van der Waals surface area contributed by atoms with Crippen molar-refractivity contribution >= 4 is 11.9 Å². The number of carbonyl (C=O) groups is 2. The molecule has 0 spiro atoms. The van der Waals surface area contributed by atoms with Crippen LogP contribution in [-0.4, -0.2) is 72.4 Å². The van der Waals surface area contributed by atoms with Crippen molar-refractivity contribution in [1.29, 1.82) is 0 Å². The lowest BCUT2D eigenvalue weighted by atomic mass is 9.92. The van der Waals surface area contributed by atoms with E-state index in [1.54, 1.807) is 11.8 Å². The first-order valence-electron chi connectivity index (χ1n) is 11.1. The van der Waals surface area contributed by atoms with E-state index in [0.717, 1.165) is 6.42 Å². The molecule has 0 saturated carbocycles. The molecule has 2 aliphatic heterocycles. The Labute approximate surface area is 186 Å². The molecular formula is C22H29N5O5. The van der Waals surface area contributed by atoms with Gasteiger partial charge in [0.2, 0.25) is 0 Å². The van der Waals surface area contributed by atoms with Gasteiger partial charge in [0, 0.05) is 25.6 Å². The number of benzene rings is 1. The molecule has 4 rings (SSSR count). The number of hydrogen-bond acceptors (Lipinski definition) is 9. The van der Waals surface area contributed by atoms with Crippen LogP contribution >= 0.6 is 0 Å². The van der Waals surface area contributed by atoms with Crippen LogP contribution in [0.2, 0.25) is 0 Å². The molecule has 172 valence electrons. The SMILES string of the molecule is CCOC(=O)C1CC(c2noc(C3CNCCN3C(=O)COc3ccccc3)n2)CCN1. The number of aromatic nitrogens is 2.